The molecule has 0 aromatic heterocycles. The molecule has 2 aliphatic carbocycles. The molecular weight excluding hydrogens is 441 g/mol. The van der Waals surface area contributed by atoms with E-state index in [2.05, 4.69) is 5.32 Å². The number of nitrogens with one attached hydrogen (secondary N) is 1. The zero-order valence-electron chi connectivity index (χ0n) is 18.3. The number of carbonyl (C=O) groups excluding carboxylic acids is 3. The molecule has 0 spiro atoms. The van der Waals surface area contributed by atoms with Crippen molar-refractivity contribution in [2.45, 2.75) is 25.8 Å². The zero-order valence-corrected chi connectivity index (χ0v) is 18.3. The number of non-ortho nitro benzene ring substituents is 1. The third-order valence-electron chi connectivity index (χ3n) is 7.14. The van der Waals surface area contributed by atoms with Crippen LogP contribution in [0.1, 0.15) is 30.0 Å². The predicted octanol–water partition coefficient (Wildman–Crippen LogP) is 3.92. The quantitative estimate of drug-likeness (QED) is 0.302. The minimum Gasteiger partial charge on any atom is -0.326 e. The molecule has 2 bridgehead atoms. The van der Waals surface area contributed by atoms with Crippen molar-refractivity contribution in [3.05, 3.63) is 81.7 Å². The first kappa shape index (κ1) is 21.9. The van der Waals surface area contributed by atoms with Crippen molar-refractivity contribution >= 4 is 29.1 Å². The van der Waals surface area contributed by atoms with Gasteiger partial charge in [-0.3, -0.25) is 29.4 Å². The summed E-state index contributed by atoms with van der Waals surface area (Å²) in [5, 5.41) is 13.7. The molecule has 0 radical (unpaired) electrons. The molecule has 2 aromatic carbocycles. The molecule has 1 saturated heterocycles. The van der Waals surface area contributed by atoms with Crippen LogP contribution in [0.5, 0.6) is 0 Å². The fourth-order valence-corrected chi connectivity index (χ4v) is 5.55. The fraction of sp³-hybridized carbons (Fsp3) is 0.320. The SMILES string of the molecule is Cc1cc([N+](=O)[O-])ccc1NC(=O)CC(c1ccc(F)cc1)N1C(=O)C2C3C=CC(C3)C2C1=O. The topological polar surface area (TPSA) is 110 Å². The highest BCUT2D eigenvalue weighted by atomic mass is 19.1. The molecule has 1 aliphatic heterocycles. The van der Waals surface area contributed by atoms with Crippen LogP contribution >= 0.6 is 0 Å². The van der Waals surface area contributed by atoms with E-state index >= 15 is 0 Å². The lowest BCUT2D eigenvalue weighted by atomic mass is 9.85. The number of aryl methyl sites for hydroxylation is 1. The molecule has 3 amide bonds. The number of allylic oxidation sites excluding steroid dienone is 2. The fourth-order valence-electron chi connectivity index (χ4n) is 5.55. The first-order valence-electron chi connectivity index (χ1n) is 11.1. The van der Waals surface area contributed by atoms with Crippen molar-refractivity contribution in [2.75, 3.05) is 5.32 Å². The van der Waals surface area contributed by atoms with Crippen LogP contribution in [0.25, 0.3) is 0 Å². The Morgan fingerprint density at radius 2 is 1.74 bits per heavy atom. The second-order valence-corrected chi connectivity index (χ2v) is 9.12. The van der Waals surface area contributed by atoms with Gasteiger partial charge in [0.25, 0.3) is 5.69 Å². The van der Waals surface area contributed by atoms with Gasteiger partial charge in [0.05, 0.1) is 29.2 Å². The predicted molar refractivity (Wildman–Crippen MR) is 120 cm³/mol. The molecule has 1 N–H and O–H groups in total. The third kappa shape index (κ3) is 3.57. The molecule has 9 heteroatoms. The Balaban J connectivity index is 1.42. The largest absolute Gasteiger partial charge is 0.326 e. The van der Waals surface area contributed by atoms with Gasteiger partial charge in [0.2, 0.25) is 17.7 Å². The van der Waals surface area contributed by atoms with Crippen LogP contribution in [0.3, 0.4) is 0 Å². The lowest BCUT2D eigenvalue weighted by Gasteiger charge is -2.28. The summed E-state index contributed by atoms with van der Waals surface area (Å²) in [6, 6.07) is 8.62. The van der Waals surface area contributed by atoms with E-state index in [-0.39, 0.29) is 35.8 Å². The molecule has 1 heterocycles. The Morgan fingerprint density at radius 3 is 2.29 bits per heavy atom. The summed E-state index contributed by atoms with van der Waals surface area (Å²) in [6.45, 7) is 1.64. The highest BCUT2D eigenvalue weighted by Crippen LogP contribution is 2.54. The molecule has 2 aromatic rings. The van der Waals surface area contributed by atoms with Crippen molar-refractivity contribution in [1.29, 1.82) is 0 Å². The van der Waals surface area contributed by atoms with E-state index in [0.717, 1.165) is 6.42 Å². The molecule has 5 rings (SSSR count). The van der Waals surface area contributed by atoms with Crippen molar-refractivity contribution in [3.8, 4) is 0 Å². The Kier molecular flexibility index (Phi) is 5.27. The summed E-state index contributed by atoms with van der Waals surface area (Å²) in [4.78, 5) is 51.4. The van der Waals surface area contributed by atoms with Crippen LogP contribution in [-0.4, -0.2) is 27.5 Å². The first-order chi connectivity index (χ1) is 16.2. The number of anilines is 1. The summed E-state index contributed by atoms with van der Waals surface area (Å²) >= 11 is 0. The summed E-state index contributed by atoms with van der Waals surface area (Å²) in [7, 11) is 0. The van der Waals surface area contributed by atoms with E-state index in [1.165, 1.54) is 47.4 Å². The molecule has 2 fully saturated rings. The Hall–Kier alpha value is -3.88. The average molecular weight is 463 g/mol. The summed E-state index contributed by atoms with van der Waals surface area (Å²) in [5.41, 5.74) is 1.29. The monoisotopic (exact) mass is 463 g/mol. The molecule has 5 unspecified atom stereocenters. The van der Waals surface area contributed by atoms with Crippen molar-refractivity contribution in [3.63, 3.8) is 0 Å². The zero-order chi connectivity index (χ0) is 24.1. The van der Waals surface area contributed by atoms with Gasteiger partial charge in [-0.2, -0.15) is 0 Å². The van der Waals surface area contributed by atoms with Gasteiger partial charge in [-0.05, 0) is 54.5 Å². The second-order valence-electron chi connectivity index (χ2n) is 9.12. The summed E-state index contributed by atoms with van der Waals surface area (Å²) in [5.74, 6) is -2.28. The number of nitro groups is 1. The van der Waals surface area contributed by atoms with Crippen LogP contribution in [0, 0.1) is 46.5 Å². The first-order valence-corrected chi connectivity index (χ1v) is 11.1. The second kappa shape index (κ2) is 8.16. The van der Waals surface area contributed by atoms with Crippen LogP contribution in [0.15, 0.2) is 54.6 Å². The van der Waals surface area contributed by atoms with E-state index < -0.39 is 34.5 Å². The minimum atomic E-state index is -0.885. The summed E-state index contributed by atoms with van der Waals surface area (Å²) in [6.07, 6.45) is 4.57. The summed E-state index contributed by atoms with van der Waals surface area (Å²) < 4.78 is 13.6. The lowest BCUT2D eigenvalue weighted by molar-refractivity contribution is -0.384. The van der Waals surface area contributed by atoms with E-state index in [1.807, 2.05) is 12.2 Å². The number of imide groups is 1. The van der Waals surface area contributed by atoms with E-state index in [1.54, 1.807) is 6.92 Å². The maximum Gasteiger partial charge on any atom is 0.269 e. The highest BCUT2D eigenvalue weighted by Gasteiger charge is 2.60. The normalized spacial score (nSPS) is 25.5. The van der Waals surface area contributed by atoms with Crippen molar-refractivity contribution in [1.82, 2.24) is 4.90 Å². The van der Waals surface area contributed by atoms with Gasteiger partial charge in [0.15, 0.2) is 0 Å². The van der Waals surface area contributed by atoms with Crippen LogP contribution in [0.4, 0.5) is 15.8 Å². The molecular formula is C25H22FN3O5. The van der Waals surface area contributed by atoms with Crippen molar-refractivity contribution in [2.24, 2.45) is 23.7 Å². The maximum atomic E-state index is 13.6. The Morgan fingerprint density at radius 1 is 1.12 bits per heavy atom. The number of fused-ring (bicyclic) bond motifs is 5. The van der Waals surface area contributed by atoms with Gasteiger partial charge in [0, 0.05) is 17.8 Å². The lowest BCUT2D eigenvalue weighted by Crippen LogP contribution is -2.38. The number of amides is 3. The van der Waals surface area contributed by atoms with Gasteiger partial charge in [-0.1, -0.05) is 24.3 Å². The van der Waals surface area contributed by atoms with E-state index in [0.29, 0.717) is 16.8 Å². The van der Waals surface area contributed by atoms with Crippen LogP contribution in [0.2, 0.25) is 0 Å². The van der Waals surface area contributed by atoms with Crippen molar-refractivity contribution < 1.29 is 23.7 Å². The number of likely N-dealkylation sites (tertiary alicyclic amines) is 1. The number of nitro benzene ring substituents is 1. The maximum absolute atomic E-state index is 13.6. The number of carbonyl (C=O) groups is 3. The smallest absolute Gasteiger partial charge is 0.269 e. The Labute approximate surface area is 194 Å². The molecule has 1 saturated carbocycles. The number of benzene rings is 2. The Bertz CT molecular complexity index is 1210. The van der Waals surface area contributed by atoms with Gasteiger partial charge < -0.3 is 5.32 Å². The molecule has 34 heavy (non-hydrogen) atoms. The molecule has 8 nitrogen and oxygen atoms in total. The molecule has 174 valence electrons. The van der Waals surface area contributed by atoms with Gasteiger partial charge in [-0.15, -0.1) is 0 Å². The highest BCUT2D eigenvalue weighted by molar-refractivity contribution is 6.07. The molecule has 5 atom stereocenters. The van der Waals surface area contributed by atoms with Crippen LogP contribution in [-0.2, 0) is 14.4 Å². The average Bonchev–Trinajstić information content (AvgIpc) is 3.48. The number of rotatable bonds is 6. The van der Waals surface area contributed by atoms with Gasteiger partial charge in [0.1, 0.15) is 5.82 Å². The number of nitrogens with zero attached hydrogens (tertiary/aromatic N) is 2. The number of halogens is 1. The van der Waals surface area contributed by atoms with Crippen LogP contribution < -0.4 is 5.32 Å². The van der Waals surface area contributed by atoms with Gasteiger partial charge in [-0.25, -0.2) is 4.39 Å². The standard InChI is InChI=1S/C25H22FN3O5/c1-13-10-18(29(33)34)8-9-19(13)27-21(30)12-20(14-4-6-17(26)7-5-14)28-24(31)22-15-2-3-16(11-15)23(22)25(28)32/h2-10,15-16,20,22-23H,11-12H2,1H3,(H,27,30). The van der Waals surface area contributed by atoms with E-state index in [4.69, 9.17) is 0 Å². The third-order valence-corrected chi connectivity index (χ3v) is 7.14. The van der Waals surface area contributed by atoms with Gasteiger partial charge >= 0.3 is 0 Å². The number of hydrogen-bond donors (Lipinski definition) is 1. The minimum absolute atomic E-state index is 0.0295. The number of hydrogen-bond acceptors (Lipinski definition) is 5. The van der Waals surface area contributed by atoms with E-state index in [9.17, 15) is 28.9 Å². The molecule has 3 aliphatic rings.